The Morgan fingerprint density at radius 2 is 1.82 bits per heavy atom. The molecule has 34 heavy (non-hydrogen) atoms. The molecule has 0 atom stereocenters. The van der Waals surface area contributed by atoms with Crippen molar-refractivity contribution < 1.29 is 22.7 Å². The van der Waals surface area contributed by atoms with Gasteiger partial charge in [-0.2, -0.15) is 5.10 Å². The minimum absolute atomic E-state index is 0.0610. The second-order valence-corrected chi connectivity index (χ2v) is 11.1. The topological polar surface area (TPSA) is 108 Å². The Balaban J connectivity index is 1.96. The zero-order chi connectivity index (χ0) is 25.0. The molecular formula is C25H25N3O5S. The van der Waals surface area contributed by atoms with E-state index in [2.05, 4.69) is 10.1 Å². The van der Waals surface area contributed by atoms with E-state index in [1.807, 2.05) is 27.7 Å². The van der Waals surface area contributed by atoms with Crippen LogP contribution < -0.4 is 4.74 Å². The second kappa shape index (κ2) is 8.04. The molecule has 0 saturated carbocycles. The van der Waals surface area contributed by atoms with Crippen molar-refractivity contribution in [3.05, 3.63) is 63.4 Å². The summed E-state index contributed by atoms with van der Waals surface area (Å²) < 4.78 is 33.6. The van der Waals surface area contributed by atoms with Gasteiger partial charge in [-0.3, -0.25) is 4.98 Å². The van der Waals surface area contributed by atoms with E-state index < -0.39 is 21.2 Å². The van der Waals surface area contributed by atoms with E-state index in [0.717, 1.165) is 11.1 Å². The Hall–Kier alpha value is -3.55. The van der Waals surface area contributed by atoms with E-state index in [9.17, 15) is 18.0 Å². The van der Waals surface area contributed by atoms with Gasteiger partial charge in [0.15, 0.2) is 0 Å². The second-order valence-electron chi connectivity index (χ2n) is 9.17. The molecule has 176 valence electrons. The van der Waals surface area contributed by atoms with Crippen molar-refractivity contribution >= 4 is 21.7 Å². The number of hydrogen-bond donors (Lipinski definition) is 0. The van der Waals surface area contributed by atoms with Crippen molar-refractivity contribution in [1.29, 1.82) is 0 Å². The van der Waals surface area contributed by atoms with Crippen molar-refractivity contribution in [2.24, 2.45) is 7.05 Å². The van der Waals surface area contributed by atoms with Crippen molar-refractivity contribution in [1.82, 2.24) is 14.8 Å². The molecule has 3 aromatic rings. The molecule has 0 radical (unpaired) electrons. The molecule has 9 heteroatoms. The number of pyridine rings is 1. The van der Waals surface area contributed by atoms with Crippen LogP contribution in [0, 0.1) is 20.8 Å². The third-order valence-corrected chi connectivity index (χ3v) is 8.20. The number of aryl methyl sites for hydroxylation is 3. The van der Waals surface area contributed by atoms with Crippen LogP contribution in [-0.2, 0) is 27.1 Å². The van der Waals surface area contributed by atoms with Crippen LogP contribution in [0.5, 0.6) is 5.88 Å². The lowest BCUT2D eigenvalue weighted by atomic mass is 9.76. The van der Waals surface area contributed by atoms with Gasteiger partial charge in [-0.1, -0.05) is 13.8 Å². The number of ether oxygens (including phenoxy) is 1. The van der Waals surface area contributed by atoms with Gasteiger partial charge in [-0.15, -0.1) is 0 Å². The van der Waals surface area contributed by atoms with Crippen molar-refractivity contribution in [3.63, 3.8) is 0 Å². The highest BCUT2D eigenvalue weighted by atomic mass is 32.2. The zero-order valence-corrected chi connectivity index (χ0v) is 20.7. The maximum absolute atomic E-state index is 13.2. The molecule has 0 N–H and O–H groups in total. The summed E-state index contributed by atoms with van der Waals surface area (Å²) in [7, 11) is -2.26. The number of esters is 1. The molecule has 0 spiro atoms. The fourth-order valence-corrected chi connectivity index (χ4v) is 6.90. The number of hydrogen-bond acceptors (Lipinski definition) is 7. The van der Waals surface area contributed by atoms with Crippen LogP contribution in [-0.4, -0.2) is 35.1 Å². The van der Waals surface area contributed by atoms with Crippen molar-refractivity contribution in [2.75, 3.05) is 0 Å². The average molecular weight is 480 g/mol. The van der Waals surface area contributed by atoms with E-state index in [0.29, 0.717) is 27.9 Å². The molecule has 3 heterocycles. The van der Waals surface area contributed by atoms with Crippen LogP contribution in [0.15, 0.2) is 40.4 Å². The van der Waals surface area contributed by atoms with Gasteiger partial charge in [0.05, 0.1) is 21.7 Å². The zero-order valence-electron chi connectivity index (χ0n) is 19.9. The third kappa shape index (κ3) is 3.57. The van der Waals surface area contributed by atoms with Gasteiger partial charge in [0.25, 0.3) is 0 Å². The first kappa shape index (κ1) is 23.6. The van der Waals surface area contributed by atoms with E-state index in [1.54, 1.807) is 38.1 Å². The first-order valence-corrected chi connectivity index (χ1v) is 12.2. The maximum atomic E-state index is 13.2. The highest BCUT2D eigenvalue weighted by Gasteiger charge is 2.43. The van der Waals surface area contributed by atoms with E-state index in [1.165, 1.54) is 17.1 Å². The monoisotopic (exact) mass is 479 g/mol. The van der Waals surface area contributed by atoms with E-state index in [4.69, 9.17) is 4.74 Å². The van der Waals surface area contributed by atoms with Gasteiger partial charge in [-0.25, -0.2) is 22.7 Å². The number of fused-ring (bicyclic) bond motifs is 1. The Kier molecular flexibility index (Phi) is 5.58. The number of sulfone groups is 1. The SMILES string of the molecule is Cc1cc(-c2c(C)nn(C)c2OC(=O)c2ccncc2)c(C)c2c1S(=O)(=O)C(=C=O)CC2(C)C. The lowest BCUT2D eigenvalue weighted by Gasteiger charge is -2.35. The maximum Gasteiger partial charge on any atom is 0.344 e. The number of aromatic nitrogens is 3. The molecule has 2 aromatic heterocycles. The largest absolute Gasteiger partial charge is 0.403 e. The van der Waals surface area contributed by atoms with E-state index in [-0.39, 0.29) is 22.1 Å². The van der Waals surface area contributed by atoms with Crippen LogP contribution in [0.25, 0.3) is 11.1 Å². The molecule has 1 aromatic carbocycles. The lowest BCUT2D eigenvalue weighted by Crippen LogP contribution is -2.31. The number of nitrogens with zero attached hydrogens (tertiary/aromatic N) is 3. The summed E-state index contributed by atoms with van der Waals surface area (Å²) in [5, 5.41) is 4.46. The summed E-state index contributed by atoms with van der Waals surface area (Å²) in [5.74, 6) is 1.35. The Morgan fingerprint density at radius 3 is 2.44 bits per heavy atom. The summed E-state index contributed by atoms with van der Waals surface area (Å²) in [4.78, 5) is 28.1. The fraction of sp³-hybridized carbons (Fsp3) is 0.320. The standard InChI is InChI=1S/C25H25N3O5S/c1-14-11-19(15(2)21-22(14)34(31,32)18(13-29)12-25(21,4)5)20-16(3)27-28(6)23(20)33-24(30)17-7-9-26-10-8-17/h7-11H,12H2,1-6H3. The molecule has 0 unspecified atom stereocenters. The Labute approximate surface area is 198 Å². The Morgan fingerprint density at radius 1 is 1.18 bits per heavy atom. The summed E-state index contributed by atoms with van der Waals surface area (Å²) in [6, 6.07) is 4.87. The van der Waals surface area contributed by atoms with Crippen molar-refractivity contribution in [3.8, 4) is 17.0 Å². The molecule has 0 saturated heterocycles. The number of carbonyl (C=O) groups excluding carboxylic acids is 2. The van der Waals surface area contributed by atoms with Gasteiger partial charge in [0, 0.05) is 25.9 Å². The number of allylic oxidation sites excluding steroid dienone is 1. The molecule has 0 fully saturated rings. The molecule has 1 aliphatic heterocycles. The molecule has 4 rings (SSSR count). The molecule has 0 aliphatic carbocycles. The van der Waals surface area contributed by atoms with Crippen LogP contribution >= 0.6 is 0 Å². The summed E-state index contributed by atoms with van der Waals surface area (Å²) in [6.07, 6.45) is 3.08. The van der Waals surface area contributed by atoms with Gasteiger partial charge >= 0.3 is 5.97 Å². The highest BCUT2D eigenvalue weighted by Crippen LogP contribution is 2.49. The van der Waals surface area contributed by atoms with Gasteiger partial charge in [0.2, 0.25) is 15.7 Å². The van der Waals surface area contributed by atoms with Gasteiger partial charge in [0.1, 0.15) is 10.8 Å². The number of carbonyl (C=O) groups is 1. The number of rotatable bonds is 3. The molecule has 0 bridgehead atoms. The molecule has 8 nitrogen and oxygen atoms in total. The Bertz CT molecular complexity index is 1500. The smallest absolute Gasteiger partial charge is 0.344 e. The predicted octanol–water partition coefficient (Wildman–Crippen LogP) is 3.80. The minimum Gasteiger partial charge on any atom is -0.403 e. The summed E-state index contributed by atoms with van der Waals surface area (Å²) >= 11 is 0. The van der Waals surface area contributed by atoms with E-state index >= 15 is 0 Å². The minimum atomic E-state index is -3.95. The number of benzene rings is 1. The summed E-state index contributed by atoms with van der Waals surface area (Å²) in [6.45, 7) is 9.18. The molecular weight excluding hydrogens is 454 g/mol. The average Bonchev–Trinajstić information content (AvgIpc) is 3.05. The van der Waals surface area contributed by atoms with Gasteiger partial charge in [-0.05, 0) is 66.6 Å². The first-order chi connectivity index (χ1) is 15.9. The molecule has 0 amide bonds. The molecule has 1 aliphatic rings. The van der Waals surface area contributed by atoms with Crippen LogP contribution in [0.2, 0.25) is 0 Å². The predicted molar refractivity (Wildman–Crippen MR) is 126 cm³/mol. The van der Waals surface area contributed by atoms with Crippen LogP contribution in [0.1, 0.15) is 53.0 Å². The third-order valence-electron chi connectivity index (χ3n) is 6.26. The highest BCUT2D eigenvalue weighted by molar-refractivity contribution is 7.95. The summed E-state index contributed by atoms with van der Waals surface area (Å²) in [5.41, 5.74) is 3.58. The fourth-order valence-electron chi connectivity index (χ4n) is 4.81. The van der Waals surface area contributed by atoms with Crippen LogP contribution in [0.3, 0.4) is 0 Å². The van der Waals surface area contributed by atoms with Gasteiger partial charge < -0.3 is 4.74 Å². The lowest BCUT2D eigenvalue weighted by molar-refractivity contribution is 0.0721. The first-order valence-electron chi connectivity index (χ1n) is 10.7. The quantitative estimate of drug-likeness (QED) is 0.415. The van der Waals surface area contributed by atoms with Crippen molar-refractivity contribution in [2.45, 2.75) is 51.3 Å². The van der Waals surface area contributed by atoms with Crippen LogP contribution in [0.4, 0.5) is 0 Å². The normalized spacial score (nSPS) is 16.0.